The number of anilines is 2. The van der Waals surface area contributed by atoms with Crippen molar-refractivity contribution in [1.29, 1.82) is 0 Å². The molecule has 0 saturated carbocycles. The second kappa shape index (κ2) is 14.4. The van der Waals surface area contributed by atoms with Crippen LogP contribution in [0.4, 0.5) is 24.9 Å². The van der Waals surface area contributed by atoms with Gasteiger partial charge in [-0.2, -0.15) is 13.2 Å². The first-order chi connectivity index (χ1) is 17.5. The minimum Gasteiger partial charge on any atom is -0.496 e. The number of morpholine rings is 1. The Bertz CT molecular complexity index is 1010. The number of aromatic nitrogens is 2. The average molecular weight is 532 g/mol. The summed E-state index contributed by atoms with van der Waals surface area (Å²) in [4.78, 5) is 23.3. The molecule has 1 aromatic carbocycles. The number of hydrogen-bond donors (Lipinski definition) is 3. The van der Waals surface area contributed by atoms with Gasteiger partial charge in [-0.1, -0.05) is 18.9 Å². The van der Waals surface area contributed by atoms with E-state index < -0.39 is 12.1 Å². The van der Waals surface area contributed by atoms with Crippen LogP contribution in [0.1, 0.15) is 26.7 Å². The number of carbonyl (C=O) groups excluding carboxylic acids is 1. The maximum Gasteiger partial charge on any atom is 0.490 e. The van der Waals surface area contributed by atoms with Gasteiger partial charge in [-0.3, -0.25) is 9.69 Å². The summed E-state index contributed by atoms with van der Waals surface area (Å²) in [6.45, 7) is 9.36. The molecule has 14 heteroatoms. The summed E-state index contributed by atoms with van der Waals surface area (Å²) in [5, 5.41) is 21.4. The van der Waals surface area contributed by atoms with E-state index in [0.717, 1.165) is 45.8 Å². The second-order valence-corrected chi connectivity index (χ2v) is 8.51. The topological polar surface area (TPSA) is 139 Å². The number of halogens is 3. The number of hydrogen-bond acceptors (Lipinski definition) is 9. The van der Waals surface area contributed by atoms with E-state index in [1.54, 1.807) is 25.3 Å². The molecule has 1 aromatic heterocycles. The van der Waals surface area contributed by atoms with Crippen molar-refractivity contribution < 1.29 is 41.8 Å². The van der Waals surface area contributed by atoms with Crippen LogP contribution in [0.2, 0.25) is 0 Å². The van der Waals surface area contributed by atoms with E-state index in [0.29, 0.717) is 41.2 Å². The first kappa shape index (κ1) is 29.8. The van der Waals surface area contributed by atoms with Gasteiger partial charge in [0.15, 0.2) is 0 Å². The molecule has 3 rings (SSSR count). The van der Waals surface area contributed by atoms with E-state index in [-0.39, 0.29) is 5.91 Å². The van der Waals surface area contributed by atoms with Gasteiger partial charge in [0.1, 0.15) is 5.75 Å². The normalized spacial score (nSPS) is 14.0. The summed E-state index contributed by atoms with van der Waals surface area (Å²) in [6, 6.07) is 5.74. The molecule has 0 bridgehead atoms. The fourth-order valence-electron chi connectivity index (χ4n) is 3.25. The fraction of sp³-hybridized carbons (Fsp3) is 0.565. The number of aliphatic carboxylic acids is 1. The fourth-order valence-corrected chi connectivity index (χ4v) is 3.25. The Balaban J connectivity index is 0.000000604. The molecular weight excluding hydrogens is 499 g/mol. The summed E-state index contributed by atoms with van der Waals surface area (Å²) in [5.74, 6) is -1.57. The van der Waals surface area contributed by atoms with Gasteiger partial charge in [0, 0.05) is 37.8 Å². The third-order valence-electron chi connectivity index (χ3n) is 5.01. The zero-order valence-corrected chi connectivity index (χ0v) is 20.9. The summed E-state index contributed by atoms with van der Waals surface area (Å²) in [7, 11) is 1.57. The molecule has 0 radical (unpaired) electrons. The number of benzene rings is 1. The van der Waals surface area contributed by atoms with Crippen LogP contribution in [0.25, 0.3) is 11.5 Å². The maximum atomic E-state index is 12.0. The van der Waals surface area contributed by atoms with Crippen molar-refractivity contribution in [3.63, 3.8) is 0 Å². The summed E-state index contributed by atoms with van der Waals surface area (Å²) in [5.41, 5.74) is 1.34. The van der Waals surface area contributed by atoms with Crippen LogP contribution in [0.5, 0.6) is 5.75 Å². The van der Waals surface area contributed by atoms with Crippen LogP contribution in [-0.2, 0) is 14.3 Å². The van der Waals surface area contributed by atoms with Gasteiger partial charge in [0.25, 0.3) is 5.89 Å². The molecule has 1 amide bonds. The highest BCUT2D eigenvalue weighted by Gasteiger charge is 2.38. The van der Waals surface area contributed by atoms with Gasteiger partial charge in [-0.15, -0.1) is 5.10 Å². The molecule has 11 nitrogen and oxygen atoms in total. The summed E-state index contributed by atoms with van der Waals surface area (Å²) in [6.07, 6.45) is -3.64. The number of carboxylic acid groups (broad SMARTS) is 1. The largest absolute Gasteiger partial charge is 0.496 e. The van der Waals surface area contributed by atoms with Crippen LogP contribution in [0.15, 0.2) is 22.6 Å². The van der Waals surface area contributed by atoms with E-state index in [1.165, 1.54) is 0 Å². The Labute approximate surface area is 212 Å². The van der Waals surface area contributed by atoms with Gasteiger partial charge >= 0.3 is 18.2 Å². The summed E-state index contributed by atoms with van der Waals surface area (Å²) < 4.78 is 48.3. The third kappa shape index (κ3) is 10.6. The van der Waals surface area contributed by atoms with Gasteiger partial charge in [-0.25, -0.2) is 4.79 Å². The quantitative estimate of drug-likeness (QED) is 0.391. The maximum absolute atomic E-state index is 12.0. The molecule has 3 N–H and O–H groups in total. The minimum absolute atomic E-state index is 0.0267. The molecule has 1 aliphatic heterocycles. The molecule has 1 fully saturated rings. The molecule has 206 valence electrons. The van der Waals surface area contributed by atoms with Crippen molar-refractivity contribution in [2.75, 3.05) is 57.1 Å². The number of methoxy groups -OCH3 is 1. The predicted molar refractivity (Wildman–Crippen MR) is 128 cm³/mol. The second-order valence-electron chi connectivity index (χ2n) is 8.51. The van der Waals surface area contributed by atoms with Gasteiger partial charge in [0.05, 0.1) is 25.9 Å². The smallest absolute Gasteiger partial charge is 0.490 e. The van der Waals surface area contributed by atoms with E-state index >= 15 is 0 Å². The van der Waals surface area contributed by atoms with Gasteiger partial charge in [-0.05, 0) is 31.0 Å². The first-order valence-electron chi connectivity index (χ1n) is 11.7. The highest BCUT2D eigenvalue weighted by atomic mass is 19.4. The van der Waals surface area contributed by atoms with Crippen LogP contribution >= 0.6 is 0 Å². The molecule has 0 aliphatic carbocycles. The first-order valence-corrected chi connectivity index (χ1v) is 11.7. The van der Waals surface area contributed by atoms with Crippen LogP contribution in [0.3, 0.4) is 0 Å². The predicted octanol–water partition coefficient (Wildman–Crippen LogP) is 3.50. The van der Waals surface area contributed by atoms with E-state index in [2.05, 4.69) is 25.7 Å². The third-order valence-corrected chi connectivity index (χ3v) is 5.01. The number of rotatable bonds is 10. The molecular formula is C23H32F3N5O6. The zero-order valence-electron chi connectivity index (χ0n) is 20.9. The van der Waals surface area contributed by atoms with Crippen molar-refractivity contribution in [1.82, 2.24) is 15.1 Å². The molecule has 0 atom stereocenters. The monoisotopic (exact) mass is 531 g/mol. The van der Waals surface area contributed by atoms with Crippen molar-refractivity contribution in [2.24, 2.45) is 5.92 Å². The molecule has 1 aliphatic rings. The van der Waals surface area contributed by atoms with Crippen molar-refractivity contribution in [3.8, 4) is 17.2 Å². The van der Waals surface area contributed by atoms with Crippen LogP contribution in [-0.4, -0.2) is 84.8 Å². The number of nitrogens with zero attached hydrogens (tertiary/aromatic N) is 3. The van der Waals surface area contributed by atoms with Crippen molar-refractivity contribution in [2.45, 2.75) is 32.9 Å². The average Bonchev–Trinajstić information content (AvgIpc) is 3.30. The number of amides is 1. The molecule has 2 aromatic rings. The standard InChI is InChI=1S/C21H31N5O4.C2HF3O2/c1-15(2)13-19(27)23-16-5-6-17(18(14-16)28-3)20-24-25-21(30-20)22-7-4-8-26-9-11-29-12-10-26;3-2(4,5)1(6)7/h5-6,14-15H,4,7-13H2,1-3H3,(H,22,25)(H,23,27);(H,6,7). The number of ether oxygens (including phenoxy) is 2. The lowest BCUT2D eigenvalue weighted by Gasteiger charge is -2.26. The van der Waals surface area contributed by atoms with E-state index in [9.17, 15) is 18.0 Å². The number of carboxylic acids is 1. The van der Waals surface area contributed by atoms with Crippen LogP contribution in [0, 0.1) is 5.92 Å². The van der Waals surface area contributed by atoms with Crippen molar-refractivity contribution >= 4 is 23.6 Å². The Hall–Kier alpha value is -3.39. The highest BCUT2D eigenvalue weighted by Crippen LogP contribution is 2.32. The minimum atomic E-state index is -5.08. The zero-order chi connectivity index (χ0) is 27.4. The highest BCUT2D eigenvalue weighted by molar-refractivity contribution is 5.91. The number of carbonyl (C=O) groups is 2. The number of alkyl halides is 3. The Morgan fingerprint density at radius 1 is 1.22 bits per heavy atom. The lowest BCUT2D eigenvalue weighted by molar-refractivity contribution is -0.192. The molecule has 37 heavy (non-hydrogen) atoms. The molecule has 0 spiro atoms. The Morgan fingerprint density at radius 2 is 1.89 bits per heavy atom. The van der Waals surface area contributed by atoms with Crippen molar-refractivity contribution in [3.05, 3.63) is 18.2 Å². The SMILES string of the molecule is COc1cc(NC(=O)CC(C)C)ccc1-c1nnc(NCCCN2CCOCC2)o1.O=C(O)C(F)(F)F. The molecule has 2 heterocycles. The van der Waals surface area contributed by atoms with E-state index in [1.807, 2.05) is 13.8 Å². The lowest BCUT2D eigenvalue weighted by atomic mass is 10.1. The van der Waals surface area contributed by atoms with Crippen LogP contribution < -0.4 is 15.4 Å². The Kier molecular flexibility index (Phi) is 11.6. The summed E-state index contributed by atoms with van der Waals surface area (Å²) >= 11 is 0. The molecule has 1 saturated heterocycles. The van der Waals surface area contributed by atoms with Gasteiger partial charge in [0.2, 0.25) is 5.91 Å². The lowest BCUT2D eigenvalue weighted by Crippen LogP contribution is -2.37. The molecule has 0 unspecified atom stereocenters. The van der Waals surface area contributed by atoms with Gasteiger partial charge < -0.3 is 29.6 Å². The number of nitrogens with one attached hydrogen (secondary N) is 2. The van der Waals surface area contributed by atoms with E-state index in [4.69, 9.17) is 23.8 Å². The Morgan fingerprint density at radius 3 is 2.49 bits per heavy atom.